The standard InChI is InChI=1S/C23H24N2O5/c1-23(2,3)30-22(28)24-19-6-4-5-18(15-19)20(26)13-11-16-7-9-17(10-8-16)12-14-21(27)25-29/h4-15,29H,1-3H3,(H,24,28)(H,25,27)/b13-11+,14-12+. The molecule has 0 fully saturated rings. The van der Waals surface area contributed by atoms with Gasteiger partial charge in [-0.1, -0.05) is 42.5 Å². The summed E-state index contributed by atoms with van der Waals surface area (Å²) < 4.78 is 5.21. The van der Waals surface area contributed by atoms with E-state index < -0.39 is 17.6 Å². The maximum atomic E-state index is 12.5. The predicted octanol–water partition coefficient (Wildman–Crippen LogP) is 4.45. The molecule has 7 nitrogen and oxygen atoms in total. The van der Waals surface area contributed by atoms with Crippen molar-refractivity contribution in [2.24, 2.45) is 0 Å². The number of hydrogen-bond acceptors (Lipinski definition) is 5. The molecule has 7 heteroatoms. The summed E-state index contributed by atoms with van der Waals surface area (Å²) in [6.07, 6.45) is 5.27. The first-order valence-corrected chi connectivity index (χ1v) is 9.21. The van der Waals surface area contributed by atoms with E-state index in [1.165, 1.54) is 17.6 Å². The highest BCUT2D eigenvalue weighted by molar-refractivity contribution is 6.07. The van der Waals surface area contributed by atoms with Gasteiger partial charge in [0.2, 0.25) is 0 Å². The van der Waals surface area contributed by atoms with Crippen LogP contribution in [-0.2, 0) is 9.53 Å². The molecule has 0 aromatic heterocycles. The third-order valence-corrected chi connectivity index (χ3v) is 3.69. The molecule has 30 heavy (non-hydrogen) atoms. The van der Waals surface area contributed by atoms with Crippen molar-refractivity contribution in [3.63, 3.8) is 0 Å². The molecule has 0 unspecified atom stereocenters. The molecule has 0 saturated heterocycles. The van der Waals surface area contributed by atoms with E-state index >= 15 is 0 Å². The van der Waals surface area contributed by atoms with Crippen LogP contribution in [0.25, 0.3) is 12.2 Å². The Kier molecular flexibility index (Phi) is 7.66. The molecular formula is C23H24N2O5. The maximum absolute atomic E-state index is 12.5. The zero-order chi connectivity index (χ0) is 22.1. The largest absolute Gasteiger partial charge is 0.444 e. The normalized spacial score (nSPS) is 11.5. The van der Waals surface area contributed by atoms with Gasteiger partial charge in [-0.25, -0.2) is 10.3 Å². The topological polar surface area (TPSA) is 105 Å². The minimum atomic E-state index is -0.618. The van der Waals surface area contributed by atoms with Crippen LogP contribution in [0.3, 0.4) is 0 Å². The first-order chi connectivity index (χ1) is 14.2. The molecule has 156 valence electrons. The highest BCUT2D eigenvalue weighted by Crippen LogP contribution is 2.15. The Hall–Kier alpha value is -3.71. The van der Waals surface area contributed by atoms with E-state index in [1.54, 1.807) is 81.5 Å². The fourth-order valence-corrected chi connectivity index (χ4v) is 2.37. The predicted molar refractivity (Wildman–Crippen MR) is 115 cm³/mol. The number of ketones is 1. The third kappa shape index (κ3) is 7.73. The van der Waals surface area contributed by atoms with Gasteiger partial charge in [0.25, 0.3) is 5.91 Å². The maximum Gasteiger partial charge on any atom is 0.412 e. The quantitative estimate of drug-likeness (QED) is 0.283. The molecule has 2 amide bonds. The first-order valence-electron chi connectivity index (χ1n) is 9.21. The van der Waals surface area contributed by atoms with Gasteiger partial charge in [-0.2, -0.15) is 0 Å². The average Bonchev–Trinajstić information content (AvgIpc) is 2.69. The Morgan fingerprint density at radius 1 is 0.933 bits per heavy atom. The third-order valence-electron chi connectivity index (χ3n) is 3.69. The van der Waals surface area contributed by atoms with Gasteiger partial charge in [0, 0.05) is 17.3 Å². The number of hydroxylamine groups is 1. The van der Waals surface area contributed by atoms with Gasteiger partial charge >= 0.3 is 6.09 Å². The van der Waals surface area contributed by atoms with Crippen molar-refractivity contribution < 1.29 is 24.3 Å². The molecule has 0 atom stereocenters. The molecule has 0 aliphatic heterocycles. The van der Waals surface area contributed by atoms with E-state index in [2.05, 4.69) is 5.32 Å². The minimum Gasteiger partial charge on any atom is -0.444 e. The summed E-state index contributed by atoms with van der Waals surface area (Å²) in [4.78, 5) is 35.3. The summed E-state index contributed by atoms with van der Waals surface area (Å²) in [5, 5.41) is 11.1. The number of rotatable bonds is 6. The first kappa shape index (κ1) is 22.6. The summed E-state index contributed by atoms with van der Waals surface area (Å²) in [5.74, 6) is -0.834. The van der Waals surface area contributed by atoms with E-state index in [4.69, 9.17) is 9.94 Å². The summed E-state index contributed by atoms with van der Waals surface area (Å²) in [7, 11) is 0. The van der Waals surface area contributed by atoms with Crippen LogP contribution < -0.4 is 10.8 Å². The van der Waals surface area contributed by atoms with Crippen LogP contribution in [0.4, 0.5) is 10.5 Å². The second-order valence-electron chi connectivity index (χ2n) is 7.38. The Bertz CT molecular complexity index is 970. The zero-order valence-corrected chi connectivity index (χ0v) is 17.0. The van der Waals surface area contributed by atoms with Crippen molar-refractivity contribution in [3.05, 3.63) is 77.4 Å². The number of nitrogens with one attached hydrogen (secondary N) is 2. The van der Waals surface area contributed by atoms with Gasteiger partial charge in [0.05, 0.1) is 0 Å². The second-order valence-corrected chi connectivity index (χ2v) is 7.38. The summed E-state index contributed by atoms with van der Waals surface area (Å²) in [6, 6.07) is 13.7. The smallest absolute Gasteiger partial charge is 0.412 e. The van der Waals surface area contributed by atoms with E-state index in [1.807, 2.05) is 0 Å². The van der Waals surface area contributed by atoms with Gasteiger partial charge in [-0.15, -0.1) is 0 Å². The Morgan fingerprint density at radius 3 is 2.10 bits per heavy atom. The van der Waals surface area contributed by atoms with Gasteiger partial charge in [-0.3, -0.25) is 20.1 Å². The van der Waals surface area contributed by atoms with Crippen LogP contribution >= 0.6 is 0 Å². The van der Waals surface area contributed by atoms with Crippen molar-refractivity contribution in [1.29, 1.82) is 0 Å². The zero-order valence-electron chi connectivity index (χ0n) is 17.0. The number of carbonyl (C=O) groups is 3. The summed E-state index contributed by atoms with van der Waals surface area (Å²) >= 11 is 0. The molecule has 2 aromatic carbocycles. The lowest BCUT2D eigenvalue weighted by molar-refractivity contribution is -0.124. The van der Waals surface area contributed by atoms with Crippen LogP contribution in [0.5, 0.6) is 0 Å². The molecule has 2 rings (SSSR count). The number of carbonyl (C=O) groups excluding carboxylic acids is 3. The number of ether oxygens (including phenoxy) is 1. The summed E-state index contributed by atoms with van der Waals surface area (Å²) in [6.45, 7) is 5.31. The number of amides is 2. The number of anilines is 1. The molecule has 2 aromatic rings. The fraction of sp³-hybridized carbons (Fsp3) is 0.174. The monoisotopic (exact) mass is 408 g/mol. The van der Waals surface area contributed by atoms with Gasteiger partial charge in [-0.05, 0) is 56.2 Å². The van der Waals surface area contributed by atoms with Crippen LogP contribution in [0, 0.1) is 0 Å². The van der Waals surface area contributed by atoms with Crippen molar-refractivity contribution in [2.75, 3.05) is 5.32 Å². The van der Waals surface area contributed by atoms with Gasteiger partial charge < -0.3 is 4.74 Å². The van der Waals surface area contributed by atoms with Crippen molar-refractivity contribution in [1.82, 2.24) is 5.48 Å². The van der Waals surface area contributed by atoms with Gasteiger partial charge in [0.1, 0.15) is 5.60 Å². The van der Waals surface area contributed by atoms with Crippen molar-refractivity contribution >= 4 is 35.6 Å². The Balaban J connectivity index is 2.02. The minimum absolute atomic E-state index is 0.216. The molecule has 0 heterocycles. The highest BCUT2D eigenvalue weighted by Gasteiger charge is 2.16. The molecule has 0 saturated carbocycles. The van der Waals surface area contributed by atoms with E-state index in [9.17, 15) is 14.4 Å². The molecule has 0 spiro atoms. The molecule has 0 aliphatic carbocycles. The number of allylic oxidation sites excluding steroid dienone is 1. The number of benzene rings is 2. The molecule has 0 aliphatic rings. The van der Waals surface area contributed by atoms with Crippen LogP contribution in [0.15, 0.2) is 60.7 Å². The summed E-state index contributed by atoms with van der Waals surface area (Å²) in [5.41, 5.74) is 3.36. The van der Waals surface area contributed by atoms with Crippen LogP contribution in [-0.4, -0.2) is 28.6 Å². The highest BCUT2D eigenvalue weighted by atomic mass is 16.6. The average molecular weight is 408 g/mol. The molecule has 3 N–H and O–H groups in total. The molecular weight excluding hydrogens is 384 g/mol. The van der Waals surface area contributed by atoms with E-state index in [0.717, 1.165) is 11.1 Å². The Labute approximate surface area is 175 Å². The lowest BCUT2D eigenvalue weighted by atomic mass is 10.1. The Morgan fingerprint density at radius 2 is 1.53 bits per heavy atom. The van der Waals surface area contributed by atoms with Crippen molar-refractivity contribution in [3.8, 4) is 0 Å². The van der Waals surface area contributed by atoms with Crippen LogP contribution in [0.2, 0.25) is 0 Å². The molecule has 0 bridgehead atoms. The second kappa shape index (κ2) is 10.2. The van der Waals surface area contributed by atoms with Crippen molar-refractivity contribution in [2.45, 2.75) is 26.4 Å². The molecule has 0 radical (unpaired) electrons. The number of hydrogen-bond donors (Lipinski definition) is 3. The van der Waals surface area contributed by atoms with E-state index in [0.29, 0.717) is 11.3 Å². The SMILES string of the molecule is CC(C)(C)OC(=O)Nc1cccc(C(=O)/C=C/c2ccc(/C=C/C(=O)NO)cc2)c1. The fourth-order valence-electron chi connectivity index (χ4n) is 2.37. The lowest BCUT2D eigenvalue weighted by Crippen LogP contribution is -2.27. The van der Waals surface area contributed by atoms with Crippen LogP contribution in [0.1, 0.15) is 42.3 Å². The lowest BCUT2D eigenvalue weighted by Gasteiger charge is -2.19. The van der Waals surface area contributed by atoms with Gasteiger partial charge in [0.15, 0.2) is 5.78 Å². The van der Waals surface area contributed by atoms with E-state index in [-0.39, 0.29) is 5.78 Å².